The second-order valence-corrected chi connectivity index (χ2v) is 7.39. The minimum Gasteiger partial charge on any atom is -0.321 e. The average molecular weight is 274 g/mol. The summed E-state index contributed by atoms with van der Waals surface area (Å²) in [6.07, 6.45) is 2.37. The summed E-state index contributed by atoms with van der Waals surface area (Å²) in [4.78, 5) is 4.38. The first-order valence-electron chi connectivity index (χ1n) is 6.02. The minimum atomic E-state index is -2.99. The van der Waals surface area contributed by atoms with Crippen molar-refractivity contribution in [2.45, 2.75) is 32.7 Å². The van der Waals surface area contributed by atoms with Crippen molar-refractivity contribution in [3.8, 4) is 0 Å². The largest absolute Gasteiger partial charge is 0.321 e. The van der Waals surface area contributed by atoms with Crippen LogP contribution in [0, 0.1) is 5.92 Å². The van der Waals surface area contributed by atoms with E-state index >= 15 is 0 Å². The molecule has 1 aromatic heterocycles. The average Bonchev–Trinajstić information content (AvgIpc) is 2.53. The highest BCUT2D eigenvalue weighted by Gasteiger charge is 2.17. The van der Waals surface area contributed by atoms with Crippen molar-refractivity contribution in [3.63, 3.8) is 0 Å². The molecule has 1 unspecified atom stereocenters. The molecule has 0 fully saturated rings. The number of sulfone groups is 1. The third-order valence-electron chi connectivity index (χ3n) is 2.56. The standard InChI is InChI=1S/C11H22N4O2S/c1-8(2)7-10-13-11(15(3)14-10)9(12)5-6-18(4,16)17/h8-9H,5-7,12H2,1-4H3. The van der Waals surface area contributed by atoms with Crippen molar-refractivity contribution in [2.24, 2.45) is 18.7 Å². The lowest BCUT2D eigenvalue weighted by atomic mass is 10.1. The quantitative estimate of drug-likeness (QED) is 0.813. The third-order valence-corrected chi connectivity index (χ3v) is 3.54. The maximum absolute atomic E-state index is 11.1. The fraction of sp³-hybridized carbons (Fsp3) is 0.818. The fourth-order valence-electron chi connectivity index (χ4n) is 1.70. The van der Waals surface area contributed by atoms with E-state index in [0.717, 1.165) is 12.2 Å². The molecule has 0 saturated carbocycles. The summed E-state index contributed by atoms with van der Waals surface area (Å²) in [5.74, 6) is 1.96. The molecule has 0 saturated heterocycles. The minimum absolute atomic E-state index is 0.0700. The van der Waals surface area contributed by atoms with Crippen LogP contribution in [0.1, 0.15) is 38.0 Å². The Balaban J connectivity index is 2.73. The van der Waals surface area contributed by atoms with Crippen LogP contribution in [-0.2, 0) is 23.3 Å². The highest BCUT2D eigenvalue weighted by atomic mass is 32.2. The van der Waals surface area contributed by atoms with Crippen LogP contribution >= 0.6 is 0 Å². The maximum Gasteiger partial charge on any atom is 0.151 e. The molecule has 1 atom stereocenters. The number of nitrogens with two attached hydrogens (primary N) is 1. The maximum atomic E-state index is 11.1. The Bertz CT molecular complexity index is 493. The first-order chi connectivity index (χ1) is 8.19. The molecule has 0 aromatic carbocycles. The number of aryl methyl sites for hydroxylation is 1. The second-order valence-electron chi connectivity index (χ2n) is 5.13. The molecule has 0 radical (unpaired) electrons. The van der Waals surface area contributed by atoms with Crippen molar-refractivity contribution in [3.05, 3.63) is 11.6 Å². The van der Waals surface area contributed by atoms with Gasteiger partial charge in [0.25, 0.3) is 0 Å². The SMILES string of the molecule is CC(C)Cc1nc(C(N)CCS(C)(=O)=O)n(C)n1. The first-order valence-corrected chi connectivity index (χ1v) is 8.08. The van der Waals surface area contributed by atoms with Gasteiger partial charge in [-0.3, -0.25) is 4.68 Å². The zero-order valence-corrected chi connectivity index (χ0v) is 12.2. The Morgan fingerprint density at radius 1 is 1.39 bits per heavy atom. The topological polar surface area (TPSA) is 90.9 Å². The van der Waals surface area contributed by atoms with E-state index in [-0.39, 0.29) is 5.75 Å². The van der Waals surface area contributed by atoms with E-state index in [4.69, 9.17) is 5.73 Å². The third kappa shape index (κ3) is 4.73. The van der Waals surface area contributed by atoms with Gasteiger partial charge in [0.05, 0.1) is 11.8 Å². The molecule has 0 amide bonds. The van der Waals surface area contributed by atoms with Gasteiger partial charge in [-0.25, -0.2) is 13.4 Å². The van der Waals surface area contributed by atoms with Gasteiger partial charge in [0.1, 0.15) is 15.7 Å². The fourth-order valence-corrected chi connectivity index (χ4v) is 2.38. The van der Waals surface area contributed by atoms with E-state index in [1.54, 1.807) is 11.7 Å². The van der Waals surface area contributed by atoms with Gasteiger partial charge in [0, 0.05) is 19.7 Å². The van der Waals surface area contributed by atoms with Gasteiger partial charge in [-0.1, -0.05) is 13.8 Å². The summed E-state index contributed by atoms with van der Waals surface area (Å²) in [5.41, 5.74) is 5.96. The molecule has 0 spiro atoms. The van der Waals surface area contributed by atoms with Gasteiger partial charge < -0.3 is 5.73 Å². The van der Waals surface area contributed by atoms with E-state index in [2.05, 4.69) is 23.9 Å². The van der Waals surface area contributed by atoms with Crippen LogP contribution in [0.4, 0.5) is 0 Å². The van der Waals surface area contributed by atoms with Crippen LogP contribution in [0.2, 0.25) is 0 Å². The summed E-state index contributed by atoms with van der Waals surface area (Å²) >= 11 is 0. The van der Waals surface area contributed by atoms with Crippen LogP contribution in [0.15, 0.2) is 0 Å². The molecule has 1 aromatic rings. The molecule has 1 heterocycles. The van der Waals surface area contributed by atoms with Crippen molar-refractivity contribution in [1.82, 2.24) is 14.8 Å². The zero-order chi connectivity index (χ0) is 13.9. The van der Waals surface area contributed by atoms with E-state index in [1.807, 2.05) is 0 Å². The molecule has 2 N–H and O–H groups in total. The highest BCUT2D eigenvalue weighted by molar-refractivity contribution is 7.90. The highest BCUT2D eigenvalue weighted by Crippen LogP contribution is 2.13. The number of nitrogens with zero attached hydrogens (tertiary/aromatic N) is 3. The number of hydrogen-bond donors (Lipinski definition) is 1. The molecule has 6 nitrogen and oxygen atoms in total. The smallest absolute Gasteiger partial charge is 0.151 e. The zero-order valence-electron chi connectivity index (χ0n) is 11.4. The van der Waals surface area contributed by atoms with Crippen molar-refractivity contribution >= 4 is 9.84 Å². The molecular weight excluding hydrogens is 252 g/mol. The summed E-state index contributed by atoms with van der Waals surface area (Å²) < 4.78 is 23.9. The van der Waals surface area contributed by atoms with E-state index in [0.29, 0.717) is 18.2 Å². The van der Waals surface area contributed by atoms with Gasteiger partial charge >= 0.3 is 0 Å². The lowest BCUT2D eigenvalue weighted by molar-refractivity contribution is 0.569. The van der Waals surface area contributed by atoms with Crippen LogP contribution in [0.3, 0.4) is 0 Å². The molecule has 7 heteroatoms. The second kappa shape index (κ2) is 5.79. The van der Waals surface area contributed by atoms with Crippen molar-refractivity contribution < 1.29 is 8.42 Å². The van der Waals surface area contributed by atoms with Gasteiger partial charge in [-0.15, -0.1) is 0 Å². The Labute approximate surface area is 109 Å². The van der Waals surface area contributed by atoms with Crippen LogP contribution in [0.5, 0.6) is 0 Å². The lowest BCUT2D eigenvalue weighted by Crippen LogP contribution is -2.19. The molecule has 104 valence electrons. The molecule has 0 aliphatic carbocycles. The normalized spacial score (nSPS) is 14.1. The number of hydrogen-bond acceptors (Lipinski definition) is 5. The Morgan fingerprint density at radius 2 is 2.00 bits per heavy atom. The molecule has 0 aliphatic heterocycles. The summed E-state index contributed by atoms with van der Waals surface area (Å²) in [6, 6.07) is -0.391. The predicted octanol–water partition coefficient (Wildman–Crippen LogP) is 0.448. The van der Waals surface area contributed by atoms with Gasteiger partial charge in [0.15, 0.2) is 5.82 Å². The molecule has 1 rings (SSSR count). The van der Waals surface area contributed by atoms with E-state index in [1.165, 1.54) is 6.26 Å². The van der Waals surface area contributed by atoms with E-state index < -0.39 is 15.9 Å². The Hall–Kier alpha value is -0.950. The summed E-state index contributed by atoms with van der Waals surface area (Å²) in [7, 11) is -1.21. The molecule has 18 heavy (non-hydrogen) atoms. The van der Waals surface area contributed by atoms with E-state index in [9.17, 15) is 8.42 Å². The van der Waals surface area contributed by atoms with Crippen molar-refractivity contribution in [1.29, 1.82) is 0 Å². The summed E-state index contributed by atoms with van der Waals surface area (Å²) in [5, 5.41) is 4.29. The van der Waals surface area contributed by atoms with Crippen LogP contribution in [0.25, 0.3) is 0 Å². The van der Waals surface area contributed by atoms with Gasteiger partial charge in [0.2, 0.25) is 0 Å². The molecular formula is C11H22N4O2S. The van der Waals surface area contributed by atoms with Crippen molar-refractivity contribution in [2.75, 3.05) is 12.0 Å². The van der Waals surface area contributed by atoms with Crippen LogP contribution < -0.4 is 5.73 Å². The first kappa shape index (κ1) is 15.1. The Morgan fingerprint density at radius 3 is 2.50 bits per heavy atom. The molecule has 0 aliphatic rings. The van der Waals surface area contributed by atoms with Gasteiger partial charge in [-0.05, 0) is 12.3 Å². The number of aromatic nitrogens is 3. The molecule has 0 bridgehead atoms. The monoisotopic (exact) mass is 274 g/mol. The Kier molecular flexibility index (Phi) is 4.86. The predicted molar refractivity (Wildman–Crippen MR) is 70.8 cm³/mol. The lowest BCUT2D eigenvalue weighted by Gasteiger charge is -2.09. The van der Waals surface area contributed by atoms with Gasteiger partial charge in [-0.2, -0.15) is 5.10 Å². The number of rotatable bonds is 6. The summed E-state index contributed by atoms with van der Waals surface area (Å²) in [6.45, 7) is 4.19. The van der Waals surface area contributed by atoms with Crippen LogP contribution in [-0.4, -0.2) is 35.2 Å².